The molecule has 2 aromatic rings. The number of halogens is 2. The van der Waals surface area contributed by atoms with E-state index in [0.717, 1.165) is 15.8 Å². The SMILES string of the molecule is Cc1cccc(Cn2nnc(CO)c2C(F)F)c1. The summed E-state index contributed by atoms with van der Waals surface area (Å²) in [4.78, 5) is 0. The number of rotatable bonds is 4. The summed E-state index contributed by atoms with van der Waals surface area (Å²) in [5.74, 6) is 0. The number of hydrogen-bond donors (Lipinski definition) is 1. The lowest BCUT2D eigenvalue weighted by molar-refractivity contribution is 0.135. The topological polar surface area (TPSA) is 50.9 Å². The molecule has 0 amide bonds. The quantitative estimate of drug-likeness (QED) is 0.907. The summed E-state index contributed by atoms with van der Waals surface area (Å²) in [5, 5.41) is 16.2. The summed E-state index contributed by atoms with van der Waals surface area (Å²) in [5.41, 5.74) is 1.52. The van der Waals surface area contributed by atoms with E-state index in [1.165, 1.54) is 0 Å². The molecule has 1 heterocycles. The van der Waals surface area contributed by atoms with E-state index in [2.05, 4.69) is 10.3 Å². The molecule has 1 aromatic carbocycles. The normalized spacial score (nSPS) is 11.2. The van der Waals surface area contributed by atoms with Gasteiger partial charge >= 0.3 is 0 Å². The van der Waals surface area contributed by atoms with Crippen molar-refractivity contribution in [3.8, 4) is 0 Å². The van der Waals surface area contributed by atoms with Crippen LogP contribution >= 0.6 is 0 Å². The van der Waals surface area contributed by atoms with E-state index in [1.807, 2.05) is 31.2 Å². The monoisotopic (exact) mass is 253 g/mol. The molecule has 2 rings (SSSR count). The standard InChI is InChI=1S/C12H13F2N3O/c1-8-3-2-4-9(5-8)6-17-11(12(13)14)10(7-18)15-16-17/h2-5,12,18H,6-7H2,1H3. The van der Waals surface area contributed by atoms with Gasteiger partial charge in [0.15, 0.2) is 0 Å². The van der Waals surface area contributed by atoms with Gasteiger partial charge in [-0.2, -0.15) is 0 Å². The second-order valence-corrected chi connectivity index (χ2v) is 4.03. The van der Waals surface area contributed by atoms with Crippen molar-refractivity contribution in [1.29, 1.82) is 0 Å². The van der Waals surface area contributed by atoms with E-state index in [4.69, 9.17) is 5.11 Å². The Hall–Kier alpha value is -1.82. The minimum Gasteiger partial charge on any atom is -0.390 e. The first-order valence-corrected chi connectivity index (χ1v) is 5.48. The highest BCUT2D eigenvalue weighted by Gasteiger charge is 2.21. The molecule has 0 unspecified atom stereocenters. The van der Waals surface area contributed by atoms with Crippen LogP contribution in [0.5, 0.6) is 0 Å². The molecule has 0 saturated carbocycles. The molecule has 96 valence electrons. The Morgan fingerprint density at radius 3 is 2.78 bits per heavy atom. The third-order valence-corrected chi connectivity index (χ3v) is 2.62. The predicted molar refractivity (Wildman–Crippen MR) is 61.2 cm³/mol. The van der Waals surface area contributed by atoms with E-state index < -0.39 is 13.0 Å². The second kappa shape index (κ2) is 5.22. The Morgan fingerprint density at radius 1 is 1.39 bits per heavy atom. The molecule has 4 nitrogen and oxygen atoms in total. The van der Waals surface area contributed by atoms with Gasteiger partial charge in [-0.3, -0.25) is 0 Å². The Kier molecular flexibility index (Phi) is 3.66. The fourth-order valence-corrected chi connectivity index (χ4v) is 1.81. The van der Waals surface area contributed by atoms with Crippen LogP contribution in [0.4, 0.5) is 8.78 Å². The Balaban J connectivity index is 2.32. The van der Waals surface area contributed by atoms with Crippen LogP contribution in [0.15, 0.2) is 24.3 Å². The number of aliphatic hydroxyl groups is 1. The number of aliphatic hydroxyl groups excluding tert-OH is 1. The van der Waals surface area contributed by atoms with Crippen LogP contribution in [0.25, 0.3) is 0 Å². The molecule has 0 spiro atoms. The van der Waals surface area contributed by atoms with Gasteiger partial charge in [0, 0.05) is 0 Å². The van der Waals surface area contributed by atoms with Crippen LogP contribution in [0.2, 0.25) is 0 Å². The maximum atomic E-state index is 12.9. The molecule has 0 aliphatic carbocycles. The molecular formula is C12H13F2N3O. The summed E-state index contributed by atoms with van der Waals surface area (Å²) in [7, 11) is 0. The van der Waals surface area contributed by atoms with Gasteiger partial charge in [-0.25, -0.2) is 13.5 Å². The number of nitrogens with zero attached hydrogens (tertiary/aromatic N) is 3. The molecule has 0 aliphatic rings. The van der Waals surface area contributed by atoms with Crippen molar-refractivity contribution >= 4 is 0 Å². The van der Waals surface area contributed by atoms with Crippen molar-refractivity contribution in [1.82, 2.24) is 15.0 Å². The number of benzene rings is 1. The molecule has 1 N–H and O–H groups in total. The summed E-state index contributed by atoms with van der Waals surface area (Å²) >= 11 is 0. The minimum absolute atomic E-state index is 0.0716. The zero-order chi connectivity index (χ0) is 13.1. The Bertz CT molecular complexity index is 540. The largest absolute Gasteiger partial charge is 0.390 e. The highest BCUT2D eigenvalue weighted by molar-refractivity contribution is 5.23. The Labute approximate surface area is 103 Å². The number of aromatic nitrogens is 3. The third-order valence-electron chi connectivity index (χ3n) is 2.62. The maximum Gasteiger partial charge on any atom is 0.282 e. The summed E-state index contributed by atoms with van der Waals surface area (Å²) in [6.45, 7) is 1.61. The van der Waals surface area contributed by atoms with Crippen LogP contribution in [0.3, 0.4) is 0 Å². The first kappa shape index (κ1) is 12.6. The van der Waals surface area contributed by atoms with Crippen molar-refractivity contribution in [2.45, 2.75) is 26.5 Å². The number of hydrogen-bond acceptors (Lipinski definition) is 3. The van der Waals surface area contributed by atoms with Crippen LogP contribution in [-0.4, -0.2) is 20.1 Å². The highest BCUT2D eigenvalue weighted by atomic mass is 19.3. The van der Waals surface area contributed by atoms with Gasteiger partial charge in [0.2, 0.25) is 0 Å². The third kappa shape index (κ3) is 2.53. The lowest BCUT2D eigenvalue weighted by Gasteiger charge is -2.07. The van der Waals surface area contributed by atoms with Crippen LogP contribution in [-0.2, 0) is 13.2 Å². The Morgan fingerprint density at radius 2 is 2.17 bits per heavy atom. The molecule has 0 aliphatic heterocycles. The molecule has 0 radical (unpaired) electrons. The van der Waals surface area contributed by atoms with Crippen LogP contribution in [0.1, 0.15) is 28.9 Å². The summed E-state index contributed by atoms with van der Waals surface area (Å²) < 4.78 is 26.9. The zero-order valence-corrected chi connectivity index (χ0v) is 9.85. The molecule has 0 atom stereocenters. The zero-order valence-electron chi connectivity index (χ0n) is 9.85. The van der Waals surface area contributed by atoms with E-state index in [-0.39, 0.29) is 17.9 Å². The molecular weight excluding hydrogens is 240 g/mol. The van der Waals surface area contributed by atoms with Gasteiger partial charge in [0.25, 0.3) is 6.43 Å². The van der Waals surface area contributed by atoms with Crippen molar-refractivity contribution in [3.05, 3.63) is 46.8 Å². The van der Waals surface area contributed by atoms with Crippen molar-refractivity contribution < 1.29 is 13.9 Å². The molecule has 1 aromatic heterocycles. The second-order valence-electron chi connectivity index (χ2n) is 4.03. The lowest BCUT2D eigenvalue weighted by Crippen LogP contribution is -2.08. The molecule has 6 heteroatoms. The average molecular weight is 253 g/mol. The molecule has 18 heavy (non-hydrogen) atoms. The van der Waals surface area contributed by atoms with Crippen LogP contribution in [0, 0.1) is 6.92 Å². The molecule has 0 bridgehead atoms. The van der Waals surface area contributed by atoms with Crippen molar-refractivity contribution in [3.63, 3.8) is 0 Å². The van der Waals surface area contributed by atoms with Crippen molar-refractivity contribution in [2.75, 3.05) is 0 Å². The predicted octanol–water partition coefficient (Wildman–Crippen LogP) is 2.06. The van der Waals surface area contributed by atoms with E-state index in [1.54, 1.807) is 0 Å². The van der Waals surface area contributed by atoms with E-state index in [9.17, 15) is 8.78 Å². The lowest BCUT2D eigenvalue weighted by atomic mass is 10.1. The summed E-state index contributed by atoms with van der Waals surface area (Å²) in [6, 6.07) is 7.52. The number of alkyl halides is 2. The smallest absolute Gasteiger partial charge is 0.282 e. The van der Waals surface area contributed by atoms with Gasteiger partial charge in [0.1, 0.15) is 11.4 Å². The first-order valence-electron chi connectivity index (χ1n) is 5.48. The van der Waals surface area contributed by atoms with E-state index in [0.29, 0.717) is 0 Å². The average Bonchev–Trinajstić information content (AvgIpc) is 2.72. The fourth-order valence-electron chi connectivity index (χ4n) is 1.81. The van der Waals surface area contributed by atoms with Crippen LogP contribution < -0.4 is 0 Å². The number of aryl methyl sites for hydroxylation is 1. The van der Waals surface area contributed by atoms with Gasteiger partial charge < -0.3 is 5.11 Å². The van der Waals surface area contributed by atoms with Crippen molar-refractivity contribution in [2.24, 2.45) is 0 Å². The minimum atomic E-state index is -2.70. The van der Waals surface area contributed by atoms with E-state index >= 15 is 0 Å². The van der Waals surface area contributed by atoms with Gasteiger partial charge in [-0.05, 0) is 12.5 Å². The summed E-state index contributed by atoms with van der Waals surface area (Å²) in [6.07, 6.45) is -2.70. The van der Waals surface area contributed by atoms with Gasteiger partial charge in [-0.15, -0.1) is 5.10 Å². The van der Waals surface area contributed by atoms with Gasteiger partial charge in [0.05, 0.1) is 13.2 Å². The molecule has 0 fully saturated rings. The first-order chi connectivity index (χ1) is 8.61. The van der Waals surface area contributed by atoms with Gasteiger partial charge in [-0.1, -0.05) is 35.0 Å². The fraction of sp³-hybridized carbons (Fsp3) is 0.333. The molecule has 0 saturated heterocycles. The highest BCUT2D eigenvalue weighted by Crippen LogP contribution is 2.22. The maximum absolute atomic E-state index is 12.9.